The van der Waals surface area contributed by atoms with Crippen LogP contribution in [0.3, 0.4) is 0 Å². The van der Waals surface area contributed by atoms with Crippen LogP contribution in [0.2, 0.25) is 0 Å². The summed E-state index contributed by atoms with van der Waals surface area (Å²) in [6.07, 6.45) is 2.02. The summed E-state index contributed by atoms with van der Waals surface area (Å²) in [6, 6.07) is 7.19. The average molecular weight is 296 g/mol. The van der Waals surface area contributed by atoms with Crippen molar-refractivity contribution in [3.63, 3.8) is 0 Å². The van der Waals surface area contributed by atoms with Gasteiger partial charge in [0.25, 0.3) is 0 Å². The van der Waals surface area contributed by atoms with Gasteiger partial charge in [0.2, 0.25) is 5.91 Å². The third-order valence-corrected chi connectivity index (χ3v) is 2.73. The summed E-state index contributed by atoms with van der Waals surface area (Å²) in [5.74, 6) is -0.0898. The molecule has 0 fully saturated rings. The van der Waals surface area contributed by atoms with Crippen molar-refractivity contribution < 1.29 is 4.79 Å². The Labute approximate surface area is 109 Å². The highest BCUT2D eigenvalue weighted by Crippen LogP contribution is 2.21. The molecule has 0 bridgehead atoms. The predicted octanol–water partition coefficient (Wildman–Crippen LogP) is 2.39. The van der Waals surface area contributed by atoms with Gasteiger partial charge in [-0.15, -0.1) is 0 Å². The first-order chi connectivity index (χ1) is 8.17. The van der Waals surface area contributed by atoms with E-state index in [1.54, 1.807) is 18.2 Å². The number of halogens is 1. The maximum absolute atomic E-state index is 11.6. The SMILES string of the molecule is N#Cc1ccc(Br)cc1NC(=O)CCCCN. The second-order valence-corrected chi connectivity index (χ2v) is 4.51. The van der Waals surface area contributed by atoms with Gasteiger partial charge in [0, 0.05) is 10.9 Å². The lowest BCUT2D eigenvalue weighted by molar-refractivity contribution is -0.116. The van der Waals surface area contributed by atoms with E-state index in [0.29, 0.717) is 24.2 Å². The van der Waals surface area contributed by atoms with Gasteiger partial charge in [0.15, 0.2) is 0 Å². The fraction of sp³-hybridized carbons (Fsp3) is 0.333. The molecule has 0 saturated heterocycles. The Balaban J connectivity index is 2.64. The Morgan fingerprint density at radius 2 is 2.24 bits per heavy atom. The van der Waals surface area contributed by atoms with Gasteiger partial charge in [-0.3, -0.25) is 4.79 Å². The molecule has 1 aromatic rings. The third kappa shape index (κ3) is 4.55. The average Bonchev–Trinajstić information content (AvgIpc) is 2.29. The molecule has 3 N–H and O–H groups in total. The lowest BCUT2D eigenvalue weighted by Crippen LogP contribution is -2.13. The van der Waals surface area contributed by atoms with Crippen molar-refractivity contribution in [2.75, 3.05) is 11.9 Å². The van der Waals surface area contributed by atoms with E-state index in [1.165, 1.54) is 0 Å². The maximum atomic E-state index is 11.6. The van der Waals surface area contributed by atoms with E-state index < -0.39 is 0 Å². The summed E-state index contributed by atoms with van der Waals surface area (Å²) in [7, 11) is 0. The van der Waals surface area contributed by atoms with Crippen LogP contribution in [0.1, 0.15) is 24.8 Å². The minimum absolute atomic E-state index is 0.0898. The molecule has 1 rings (SSSR count). The van der Waals surface area contributed by atoms with E-state index >= 15 is 0 Å². The fourth-order valence-corrected chi connectivity index (χ4v) is 1.72. The molecule has 0 aliphatic carbocycles. The van der Waals surface area contributed by atoms with Crippen LogP contribution in [0.5, 0.6) is 0 Å². The number of carbonyl (C=O) groups excluding carboxylic acids is 1. The van der Waals surface area contributed by atoms with Crippen molar-refractivity contribution in [3.8, 4) is 6.07 Å². The van der Waals surface area contributed by atoms with Crippen molar-refractivity contribution >= 4 is 27.5 Å². The van der Waals surface area contributed by atoms with Crippen LogP contribution in [0.15, 0.2) is 22.7 Å². The van der Waals surface area contributed by atoms with Crippen molar-refractivity contribution in [2.24, 2.45) is 5.73 Å². The molecule has 0 aromatic heterocycles. The number of hydrogen-bond donors (Lipinski definition) is 2. The summed E-state index contributed by atoms with van der Waals surface area (Å²) in [5, 5.41) is 11.6. The molecule has 0 unspecified atom stereocenters. The van der Waals surface area contributed by atoms with Crippen LogP contribution in [0, 0.1) is 11.3 Å². The Hall–Kier alpha value is -1.38. The topological polar surface area (TPSA) is 78.9 Å². The summed E-state index contributed by atoms with van der Waals surface area (Å²) >= 11 is 3.30. The lowest BCUT2D eigenvalue weighted by Gasteiger charge is -2.07. The standard InChI is InChI=1S/C12H14BrN3O/c13-10-5-4-9(8-15)11(7-10)16-12(17)3-1-2-6-14/h4-5,7H,1-3,6,14H2,(H,16,17). The van der Waals surface area contributed by atoms with Crippen LogP contribution in [0.4, 0.5) is 5.69 Å². The molecule has 4 nitrogen and oxygen atoms in total. The molecule has 0 heterocycles. The zero-order valence-corrected chi connectivity index (χ0v) is 11.0. The lowest BCUT2D eigenvalue weighted by atomic mass is 10.2. The van der Waals surface area contributed by atoms with Crippen LogP contribution >= 0.6 is 15.9 Å². The number of hydrogen-bond acceptors (Lipinski definition) is 3. The van der Waals surface area contributed by atoms with Gasteiger partial charge in [0.05, 0.1) is 11.3 Å². The Morgan fingerprint density at radius 1 is 1.47 bits per heavy atom. The molecule has 0 aliphatic heterocycles. The first-order valence-electron chi connectivity index (χ1n) is 5.37. The minimum atomic E-state index is -0.0898. The molecule has 17 heavy (non-hydrogen) atoms. The van der Waals surface area contributed by atoms with E-state index in [0.717, 1.165) is 17.3 Å². The molecule has 0 spiro atoms. The molecular weight excluding hydrogens is 282 g/mol. The van der Waals surface area contributed by atoms with Crippen LogP contribution < -0.4 is 11.1 Å². The number of nitrogens with zero attached hydrogens (tertiary/aromatic N) is 1. The van der Waals surface area contributed by atoms with E-state index in [2.05, 4.69) is 21.2 Å². The number of nitrogens with two attached hydrogens (primary N) is 1. The van der Waals surface area contributed by atoms with Crippen molar-refractivity contribution in [1.82, 2.24) is 0 Å². The molecule has 1 aromatic carbocycles. The summed E-state index contributed by atoms with van der Waals surface area (Å²) < 4.78 is 0.828. The molecule has 0 radical (unpaired) electrons. The number of benzene rings is 1. The van der Waals surface area contributed by atoms with Crippen LogP contribution in [-0.2, 0) is 4.79 Å². The molecule has 0 aliphatic rings. The predicted molar refractivity (Wildman–Crippen MR) is 70.4 cm³/mol. The van der Waals surface area contributed by atoms with E-state index in [9.17, 15) is 4.79 Å². The summed E-state index contributed by atoms with van der Waals surface area (Å²) in [6.45, 7) is 0.591. The maximum Gasteiger partial charge on any atom is 0.224 e. The van der Waals surface area contributed by atoms with E-state index in [1.807, 2.05) is 6.07 Å². The largest absolute Gasteiger partial charge is 0.330 e. The number of nitrogens with one attached hydrogen (secondary N) is 1. The molecule has 0 atom stereocenters. The first-order valence-corrected chi connectivity index (χ1v) is 6.16. The Bertz CT molecular complexity index is 440. The quantitative estimate of drug-likeness (QED) is 0.819. The highest BCUT2D eigenvalue weighted by Gasteiger charge is 2.07. The van der Waals surface area contributed by atoms with E-state index in [-0.39, 0.29) is 5.91 Å². The van der Waals surface area contributed by atoms with Crippen LogP contribution in [-0.4, -0.2) is 12.5 Å². The van der Waals surface area contributed by atoms with Gasteiger partial charge in [-0.25, -0.2) is 0 Å². The molecule has 5 heteroatoms. The number of nitriles is 1. The van der Waals surface area contributed by atoms with Gasteiger partial charge in [-0.1, -0.05) is 15.9 Å². The molecule has 0 saturated carbocycles. The monoisotopic (exact) mass is 295 g/mol. The first kappa shape index (κ1) is 13.7. The van der Waals surface area contributed by atoms with Crippen molar-refractivity contribution in [2.45, 2.75) is 19.3 Å². The van der Waals surface area contributed by atoms with Gasteiger partial charge in [-0.2, -0.15) is 5.26 Å². The third-order valence-electron chi connectivity index (χ3n) is 2.23. The molecule has 90 valence electrons. The number of rotatable bonds is 5. The number of anilines is 1. The minimum Gasteiger partial charge on any atom is -0.330 e. The summed E-state index contributed by atoms with van der Waals surface area (Å²) in [5.41, 5.74) is 6.35. The highest BCUT2D eigenvalue weighted by atomic mass is 79.9. The zero-order valence-electron chi connectivity index (χ0n) is 9.37. The smallest absolute Gasteiger partial charge is 0.224 e. The normalized spacial score (nSPS) is 9.71. The van der Waals surface area contributed by atoms with Crippen LogP contribution in [0.25, 0.3) is 0 Å². The van der Waals surface area contributed by atoms with Gasteiger partial charge >= 0.3 is 0 Å². The second-order valence-electron chi connectivity index (χ2n) is 3.60. The highest BCUT2D eigenvalue weighted by molar-refractivity contribution is 9.10. The second kappa shape index (κ2) is 7.05. The van der Waals surface area contributed by atoms with E-state index in [4.69, 9.17) is 11.0 Å². The Kier molecular flexibility index (Phi) is 5.67. The van der Waals surface area contributed by atoms with Gasteiger partial charge in [-0.05, 0) is 37.6 Å². The number of unbranched alkanes of at least 4 members (excludes halogenated alkanes) is 1. The molecular formula is C12H14BrN3O. The number of carbonyl (C=O) groups is 1. The number of amides is 1. The van der Waals surface area contributed by atoms with Gasteiger partial charge in [0.1, 0.15) is 6.07 Å². The summed E-state index contributed by atoms with van der Waals surface area (Å²) in [4.78, 5) is 11.6. The zero-order chi connectivity index (χ0) is 12.7. The van der Waals surface area contributed by atoms with Gasteiger partial charge < -0.3 is 11.1 Å². The molecule has 1 amide bonds. The van der Waals surface area contributed by atoms with Crippen molar-refractivity contribution in [3.05, 3.63) is 28.2 Å². The Morgan fingerprint density at radius 3 is 2.88 bits per heavy atom. The van der Waals surface area contributed by atoms with Crippen molar-refractivity contribution in [1.29, 1.82) is 5.26 Å². The fourth-order valence-electron chi connectivity index (χ4n) is 1.36.